The fourth-order valence-corrected chi connectivity index (χ4v) is 3.01. The van der Waals surface area contributed by atoms with Crippen molar-refractivity contribution in [2.75, 3.05) is 13.6 Å². The average Bonchev–Trinajstić information content (AvgIpc) is 3.13. The molecule has 1 amide bonds. The van der Waals surface area contributed by atoms with Gasteiger partial charge in [-0.05, 0) is 43.4 Å². The number of nitrogens with zero attached hydrogens (tertiary/aromatic N) is 1. The number of halogens is 2. The third-order valence-corrected chi connectivity index (χ3v) is 4.63. The van der Waals surface area contributed by atoms with E-state index in [9.17, 15) is 17.6 Å². The number of aryl methyl sites for hydroxylation is 1. The molecular weight excluding hydrogens is 305 g/mol. The molecule has 20 heavy (non-hydrogen) atoms. The lowest BCUT2D eigenvalue weighted by Gasteiger charge is -2.17. The Labute approximate surface area is 121 Å². The number of benzene rings is 1. The van der Waals surface area contributed by atoms with Gasteiger partial charge >= 0.3 is 0 Å². The summed E-state index contributed by atoms with van der Waals surface area (Å²) < 4.78 is 36.5. The molecule has 1 aromatic carbocycles. The minimum atomic E-state index is -4.22. The van der Waals surface area contributed by atoms with Crippen molar-refractivity contribution in [3.63, 3.8) is 0 Å². The number of amides is 1. The smallest absolute Gasteiger partial charge is 0.264 e. The standard InChI is InChI=1S/C13H15ClFNO3S/c1-8-5-10(6-11(12(8)15)20(14,18)19)13(17)16(2)7-9-3-4-9/h5-6,9H,3-4,7H2,1-2H3. The zero-order valence-corrected chi connectivity index (χ0v) is 12.8. The van der Waals surface area contributed by atoms with Crippen LogP contribution in [-0.4, -0.2) is 32.8 Å². The van der Waals surface area contributed by atoms with Gasteiger partial charge in [-0.15, -0.1) is 0 Å². The second kappa shape index (κ2) is 5.33. The van der Waals surface area contributed by atoms with Crippen LogP contribution in [0.15, 0.2) is 17.0 Å². The first-order valence-corrected chi connectivity index (χ1v) is 8.51. The molecule has 1 fully saturated rings. The maximum absolute atomic E-state index is 13.8. The van der Waals surface area contributed by atoms with Gasteiger partial charge in [0.2, 0.25) is 0 Å². The van der Waals surface area contributed by atoms with E-state index in [0.717, 1.165) is 18.9 Å². The topological polar surface area (TPSA) is 54.5 Å². The van der Waals surface area contributed by atoms with Gasteiger partial charge in [-0.25, -0.2) is 12.8 Å². The molecule has 2 rings (SSSR count). The average molecular weight is 320 g/mol. The number of carbonyl (C=O) groups excluding carboxylic acids is 1. The Morgan fingerprint density at radius 1 is 1.45 bits per heavy atom. The Balaban J connectivity index is 2.36. The van der Waals surface area contributed by atoms with E-state index in [1.165, 1.54) is 17.9 Å². The van der Waals surface area contributed by atoms with Crippen molar-refractivity contribution < 1.29 is 17.6 Å². The molecule has 1 aromatic rings. The first-order valence-electron chi connectivity index (χ1n) is 6.20. The second-order valence-corrected chi connectivity index (χ2v) is 7.71. The summed E-state index contributed by atoms with van der Waals surface area (Å²) >= 11 is 0. The molecule has 0 saturated heterocycles. The molecule has 4 nitrogen and oxygen atoms in total. The molecule has 1 aliphatic rings. The zero-order valence-electron chi connectivity index (χ0n) is 11.2. The monoisotopic (exact) mass is 319 g/mol. The molecule has 0 spiro atoms. The van der Waals surface area contributed by atoms with Crippen molar-refractivity contribution in [3.05, 3.63) is 29.1 Å². The zero-order chi connectivity index (χ0) is 15.1. The van der Waals surface area contributed by atoms with Gasteiger partial charge in [0.05, 0.1) is 0 Å². The van der Waals surface area contributed by atoms with E-state index >= 15 is 0 Å². The quantitative estimate of drug-likeness (QED) is 0.801. The fourth-order valence-electron chi connectivity index (χ4n) is 2.03. The van der Waals surface area contributed by atoms with Gasteiger partial charge in [0, 0.05) is 29.8 Å². The summed E-state index contributed by atoms with van der Waals surface area (Å²) in [7, 11) is 2.62. The Morgan fingerprint density at radius 2 is 2.05 bits per heavy atom. The summed E-state index contributed by atoms with van der Waals surface area (Å²) in [4.78, 5) is 13.1. The van der Waals surface area contributed by atoms with Crippen LogP contribution in [0.5, 0.6) is 0 Å². The predicted octanol–water partition coefficient (Wildman–Crippen LogP) is 2.54. The molecule has 1 aliphatic carbocycles. The number of carbonyl (C=O) groups is 1. The van der Waals surface area contributed by atoms with E-state index < -0.39 is 19.8 Å². The van der Waals surface area contributed by atoms with Crippen LogP contribution < -0.4 is 0 Å². The maximum Gasteiger partial charge on any atom is 0.264 e. The second-order valence-electron chi connectivity index (χ2n) is 5.17. The maximum atomic E-state index is 13.8. The molecule has 0 aliphatic heterocycles. The third-order valence-electron chi connectivity index (χ3n) is 3.31. The summed E-state index contributed by atoms with van der Waals surface area (Å²) in [6.07, 6.45) is 2.20. The molecule has 110 valence electrons. The number of hydrogen-bond acceptors (Lipinski definition) is 3. The molecule has 7 heteroatoms. The minimum Gasteiger partial charge on any atom is -0.341 e. The van der Waals surface area contributed by atoms with Crippen LogP contribution in [0.2, 0.25) is 0 Å². The minimum absolute atomic E-state index is 0.0786. The lowest BCUT2D eigenvalue weighted by molar-refractivity contribution is 0.0788. The molecular formula is C13H15ClFNO3S. The van der Waals surface area contributed by atoms with Gasteiger partial charge in [-0.3, -0.25) is 4.79 Å². The largest absolute Gasteiger partial charge is 0.341 e. The Morgan fingerprint density at radius 3 is 2.55 bits per heavy atom. The normalized spacial score (nSPS) is 15.2. The number of hydrogen-bond donors (Lipinski definition) is 0. The fraction of sp³-hybridized carbons (Fsp3) is 0.462. The summed E-state index contributed by atoms with van der Waals surface area (Å²) in [5, 5.41) is 0. The van der Waals surface area contributed by atoms with Crippen molar-refractivity contribution in [3.8, 4) is 0 Å². The van der Waals surface area contributed by atoms with E-state index in [1.807, 2.05) is 0 Å². The summed E-state index contributed by atoms with van der Waals surface area (Å²) in [5.74, 6) is -0.732. The lowest BCUT2D eigenvalue weighted by Crippen LogP contribution is -2.29. The first kappa shape index (κ1) is 15.3. The molecule has 1 saturated carbocycles. The van der Waals surface area contributed by atoms with Crippen LogP contribution >= 0.6 is 10.7 Å². The molecule has 0 aromatic heterocycles. The van der Waals surface area contributed by atoms with E-state index in [2.05, 4.69) is 0 Å². The Kier molecular flexibility index (Phi) is 4.07. The van der Waals surface area contributed by atoms with Crippen LogP contribution in [-0.2, 0) is 9.05 Å². The van der Waals surface area contributed by atoms with Gasteiger partial charge in [-0.1, -0.05) is 0 Å². The van der Waals surface area contributed by atoms with E-state index in [0.29, 0.717) is 12.5 Å². The number of rotatable bonds is 4. The van der Waals surface area contributed by atoms with Crippen molar-refractivity contribution in [2.45, 2.75) is 24.7 Å². The van der Waals surface area contributed by atoms with Gasteiger partial charge in [0.1, 0.15) is 10.7 Å². The highest BCUT2D eigenvalue weighted by molar-refractivity contribution is 8.13. The van der Waals surface area contributed by atoms with Gasteiger partial charge in [-0.2, -0.15) is 0 Å². The SMILES string of the molecule is Cc1cc(C(=O)N(C)CC2CC2)cc(S(=O)(=O)Cl)c1F. The van der Waals surface area contributed by atoms with Crippen LogP contribution in [0.1, 0.15) is 28.8 Å². The van der Waals surface area contributed by atoms with Crippen molar-refractivity contribution in [2.24, 2.45) is 5.92 Å². The molecule has 0 unspecified atom stereocenters. The molecule has 0 atom stereocenters. The van der Waals surface area contributed by atoms with Gasteiger partial charge in [0.25, 0.3) is 15.0 Å². The first-order chi connectivity index (χ1) is 9.20. The predicted molar refractivity (Wildman–Crippen MR) is 73.9 cm³/mol. The third kappa shape index (κ3) is 3.30. The molecule has 0 radical (unpaired) electrons. The molecule has 0 bridgehead atoms. The lowest BCUT2D eigenvalue weighted by atomic mass is 10.1. The van der Waals surface area contributed by atoms with Crippen molar-refractivity contribution in [1.82, 2.24) is 4.90 Å². The molecule has 0 heterocycles. The molecule has 0 N–H and O–H groups in total. The Hall–Kier alpha value is -1.14. The van der Waals surface area contributed by atoms with E-state index in [-0.39, 0.29) is 17.0 Å². The van der Waals surface area contributed by atoms with Crippen LogP contribution in [0.4, 0.5) is 4.39 Å². The Bertz CT molecular complexity index is 656. The highest BCUT2D eigenvalue weighted by atomic mass is 35.7. The summed E-state index contributed by atoms with van der Waals surface area (Å²) in [5.41, 5.74) is 0.209. The highest BCUT2D eigenvalue weighted by Crippen LogP contribution is 2.30. The van der Waals surface area contributed by atoms with Gasteiger partial charge < -0.3 is 4.90 Å². The summed E-state index contributed by atoms with van der Waals surface area (Å²) in [6.45, 7) is 2.02. The van der Waals surface area contributed by atoms with Gasteiger partial charge in [0.15, 0.2) is 0 Å². The highest BCUT2D eigenvalue weighted by Gasteiger charge is 2.27. The van der Waals surface area contributed by atoms with E-state index in [4.69, 9.17) is 10.7 Å². The van der Waals surface area contributed by atoms with Crippen LogP contribution in [0.25, 0.3) is 0 Å². The van der Waals surface area contributed by atoms with Crippen molar-refractivity contribution >= 4 is 25.6 Å². The van der Waals surface area contributed by atoms with Crippen molar-refractivity contribution in [1.29, 1.82) is 0 Å². The van der Waals surface area contributed by atoms with Crippen LogP contribution in [0, 0.1) is 18.7 Å². The van der Waals surface area contributed by atoms with E-state index in [1.54, 1.807) is 7.05 Å². The van der Waals surface area contributed by atoms with Crippen LogP contribution in [0.3, 0.4) is 0 Å². The summed E-state index contributed by atoms with van der Waals surface area (Å²) in [6, 6.07) is 2.34.